The van der Waals surface area contributed by atoms with E-state index in [1.807, 2.05) is 18.7 Å². The Bertz CT molecular complexity index is 1000. The number of ether oxygens (including phenoxy) is 2. The summed E-state index contributed by atoms with van der Waals surface area (Å²) in [4.78, 5) is 26.3. The Labute approximate surface area is 207 Å². The highest BCUT2D eigenvalue weighted by molar-refractivity contribution is 7.99. The molecule has 0 bridgehead atoms. The van der Waals surface area contributed by atoms with Gasteiger partial charge in [0.05, 0.1) is 12.7 Å². The maximum absolute atomic E-state index is 13.0. The minimum atomic E-state index is -0.355. The van der Waals surface area contributed by atoms with Gasteiger partial charge in [-0.1, -0.05) is 29.8 Å². The number of nitrogens with one attached hydrogen (secondary N) is 2. The molecule has 1 aliphatic carbocycles. The molecule has 178 valence electrons. The number of thioether (sulfide) groups is 1. The van der Waals surface area contributed by atoms with Crippen molar-refractivity contribution in [2.75, 3.05) is 26.0 Å². The molecule has 0 radical (unpaired) electrons. The van der Waals surface area contributed by atoms with E-state index in [9.17, 15) is 9.59 Å². The van der Waals surface area contributed by atoms with Crippen molar-refractivity contribution in [1.82, 2.24) is 10.6 Å². The van der Waals surface area contributed by atoms with E-state index in [2.05, 4.69) is 34.9 Å². The fourth-order valence-corrected chi connectivity index (χ4v) is 7.44. The highest BCUT2D eigenvalue weighted by atomic mass is 35.5. The van der Waals surface area contributed by atoms with Crippen LogP contribution in [0.15, 0.2) is 34.5 Å². The summed E-state index contributed by atoms with van der Waals surface area (Å²) in [5.41, 5.74) is 1.72. The molecule has 2 amide bonds. The van der Waals surface area contributed by atoms with Crippen molar-refractivity contribution in [2.24, 2.45) is 5.41 Å². The molecule has 1 saturated carbocycles. The van der Waals surface area contributed by atoms with Gasteiger partial charge in [0, 0.05) is 35.0 Å². The van der Waals surface area contributed by atoms with Gasteiger partial charge < -0.3 is 20.1 Å². The van der Waals surface area contributed by atoms with E-state index in [0.717, 1.165) is 31.4 Å². The third kappa shape index (κ3) is 5.12. The van der Waals surface area contributed by atoms with Crippen molar-refractivity contribution >= 4 is 46.7 Å². The minimum Gasteiger partial charge on any atom is -0.493 e. The number of amides is 2. The van der Waals surface area contributed by atoms with E-state index < -0.39 is 0 Å². The van der Waals surface area contributed by atoms with Gasteiger partial charge in [-0.25, -0.2) is 4.79 Å². The highest BCUT2D eigenvalue weighted by Crippen LogP contribution is 2.54. The van der Waals surface area contributed by atoms with Crippen LogP contribution in [0.2, 0.25) is 4.34 Å². The van der Waals surface area contributed by atoms with Crippen LogP contribution < -0.4 is 15.4 Å². The Balaban J connectivity index is 1.52. The van der Waals surface area contributed by atoms with Gasteiger partial charge in [-0.05, 0) is 49.7 Å². The van der Waals surface area contributed by atoms with Crippen LogP contribution >= 0.6 is 34.7 Å². The first-order valence-corrected chi connectivity index (χ1v) is 13.5. The van der Waals surface area contributed by atoms with Gasteiger partial charge in [0.2, 0.25) is 0 Å². The molecule has 2 heterocycles. The number of carbonyl (C=O) groups excluding carboxylic acids is 2. The highest BCUT2D eigenvalue weighted by Gasteiger charge is 2.46. The Morgan fingerprint density at radius 2 is 1.97 bits per heavy atom. The molecule has 2 N–H and O–H groups in total. The van der Waals surface area contributed by atoms with Gasteiger partial charge in [-0.15, -0.1) is 23.1 Å². The van der Waals surface area contributed by atoms with Gasteiger partial charge in [0.25, 0.3) is 5.91 Å². The predicted molar refractivity (Wildman–Crippen MR) is 133 cm³/mol. The second kappa shape index (κ2) is 10.6. The smallest absolute Gasteiger partial charge is 0.407 e. The lowest BCUT2D eigenvalue weighted by atomic mass is 9.63. The maximum Gasteiger partial charge on any atom is 0.407 e. The number of carbonyl (C=O) groups is 2. The van der Waals surface area contributed by atoms with Crippen LogP contribution in [-0.4, -0.2) is 44.1 Å². The zero-order chi connectivity index (χ0) is 23.4. The van der Waals surface area contributed by atoms with Crippen molar-refractivity contribution in [3.63, 3.8) is 0 Å². The molecule has 1 unspecified atom stereocenters. The Hall–Kier alpha value is -1.90. The minimum absolute atomic E-state index is 0.0968. The number of methoxy groups -OCH3 is 1. The number of fused-ring (bicyclic) bond motifs is 1. The molecule has 0 saturated heterocycles. The number of rotatable bonds is 7. The van der Waals surface area contributed by atoms with Crippen LogP contribution in [0.4, 0.5) is 4.79 Å². The molecule has 33 heavy (non-hydrogen) atoms. The zero-order valence-electron chi connectivity index (χ0n) is 18.8. The summed E-state index contributed by atoms with van der Waals surface area (Å²) < 4.78 is 11.4. The second-order valence-electron chi connectivity index (χ2n) is 8.54. The molecular weight excluding hydrogens is 480 g/mol. The first-order chi connectivity index (χ1) is 16.0. The monoisotopic (exact) mass is 508 g/mol. The van der Waals surface area contributed by atoms with E-state index in [1.54, 1.807) is 5.38 Å². The molecule has 1 fully saturated rings. The lowest BCUT2D eigenvalue weighted by Crippen LogP contribution is -2.45. The molecule has 6 nitrogen and oxygen atoms in total. The van der Waals surface area contributed by atoms with Crippen LogP contribution in [-0.2, 0) is 4.74 Å². The third-order valence-corrected chi connectivity index (χ3v) is 9.08. The molecule has 1 aromatic heterocycles. The van der Waals surface area contributed by atoms with Gasteiger partial charge in [-0.3, -0.25) is 4.79 Å². The van der Waals surface area contributed by atoms with E-state index in [0.29, 0.717) is 34.7 Å². The van der Waals surface area contributed by atoms with Gasteiger partial charge in [0.15, 0.2) is 5.75 Å². The summed E-state index contributed by atoms with van der Waals surface area (Å²) in [5.74, 6) is 1.57. The standard InChI is InChI=1S/C24H29ClN2O4S2/c1-3-26-23(29)31-15-8-10-24(11-9-15,18-13-32-19-7-5-4-6-16(18)19)14-27-22(28)17-12-33-21(25)20(17)30-2/h4-7,12,15,18H,3,8-11,13-14H2,1-2H3,(H,26,29)(H,27,28). The summed E-state index contributed by atoms with van der Waals surface area (Å²) >= 11 is 9.34. The molecule has 1 aliphatic heterocycles. The molecular formula is C24H29ClN2O4S2. The molecule has 2 aliphatic rings. The largest absolute Gasteiger partial charge is 0.493 e. The van der Waals surface area contributed by atoms with Crippen molar-refractivity contribution in [1.29, 1.82) is 0 Å². The van der Waals surface area contributed by atoms with E-state index >= 15 is 0 Å². The van der Waals surface area contributed by atoms with Crippen LogP contribution in [0.5, 0.6) is 5.75 Å². The average Bonchev–Trinajstić information content (AvgIpc) is 3.42. The fraction of sp³-hybridized carbons (Fsp3) is 0.500. The van der Waals surface area contributed by atoms with Crippen LogP contribution in [0, 0.1) is 5.41 Å². The molecule has 1 aromatic carbocycles. The van der Waals surface area contributed by atoms with E-state index in [-0.39, 0.29) is 23.5 Å². The lowest BCUT2D eigenvalue weighted by molar-refractivity contribution is 0.0294. The Morgan fingerprint density at radius 1 is 1.21 bits per heavy atom. The third-order valence-electron chi connectivity index (χ3n) is 6.72. The molecule has 0 spiro atoms. The number of hydrogen-bond donors (Lipinski definition) is 2. The molecule has 9 heteroatoms. The Kier molecular flexibility index (Phi) is 7.76. The second-order valence-corrected chi connectivity index (χ2v) is 11.1. The van der Waals surface area contributed by atoms with Crippen LogP contribution in [0.1, 0.15) is 54.4 Å². The van der Waals surface area contributed by atoms with Crippen LogP contribution in [0.25, 0.3) is 0 Å². The number of halogens is 1. The van der Waals surface area contributed by atoms with Crippen molar-refractivity contribution in [2.45, 2.75) is 49.5 Å². The first-order valence-electron chi connectivity index (χ1n) is 11.2. The van der Waals surface area contributed by atoms with Crippen molar-refractivity contribution in [3.05, 3.63) is 45.1 Å². The number of thiophene rings is 1. The van der Waals surface area contributed by atoms with Crippen molar-refractivity contribution < 1.29 is 19.1 Å². The van der Waals surface area contributed by atoms with Gasteiger partial charge >= 0.3 is 6.09 Å². The maximum atomic E-state index is 13.0. The average molecular weight is 509 g/mol. The van der Waals surface area contributed by atoms with E-state index in [4.69, 9.17) is 21.1 Å². The normalized spacial score (nSPS) is 24.1. The molecule has 1 atom stereocenters. The number of benzene rings is 1. The van der Waals surface area contributed by atoms with E-state index in [1.165, 1.54) is 28.9 Å². The summed E-state index contributed by atoms with van der Waals surface area (Å²) in [5, 5.41) is 7.63. The Morgan fingerprint density at radius 3 is 2.70 bits per heavy atom. The van der Waals surface area contributed by atoms with Gasteiger partial charge in [-0.2, -0.15) is 0 Å². The van der Waals surface area contributed by atoms with Gasteiger partial charge in [0.1, 0.15) is 10.4 Å². The van der Waals surface area contributed by atoms with Crippen molar-refractivity contribution in [3.8, 4) is 5.75 Å². The zero-order valence-corrected chi connectivity index (χ0v) is 21.2. The molecule has 2 aromatic rings. The summed E-state index contributed by atoms with van der Waals surface area (Å²) in [7, 11) is 1.52. The fourth-order valence-electron chi connectivity index (χ4n) is 4.96. The lowest BCUT2D eigenvalue weighted by Gasteiger charge is -2.44. The summed E-state index contributed by atoms with van der Waals surface area (Å²) in [6.45, 7) is 2.98. The number of hydrogen-bond acceptors (Lipinski definition) is 6. The summed E-state index contributed by atoms with van der Waals surface area (Å²) in [6, 6.07) is 8.55. The summed E-state index contributed by atoms with van der Waals surface area (Å²) in [6.07, 6.45) is 2.86. The molecule has 4 rings (SSSR count). The quantitative estimate of drug-likeness (QED) is 0.501. The predicted octanol–water partition coefficient (Wildman–Crippen LogP) is 5.70. The first kappa shape index (κ1) is 24.2. The SMILES string of the molecule is CCNC(=O)OC1CCC(CNC(=O)c2csc(Cl)c2OC)(C2CSc3ccccc32)CC1. The van der Waals surface area contributed by atoms with Crippen LogP contribution in [0.3, 0.4) is 0 Å². The topological polar surface area (TPSA) is 76.7 Å². The number of alkyl carbamates (subject to hydrolysis) is 1.